The summed E-state index contributed by atoms with van der Waals surface area (Å²) in [6.45, 7) is 3.12. The van der Waals surface area contributed by atoms with E-state index in [9.17, 15) is 9.18 Å². The smallest absolute Gasteiger partial charge is 0.252 e. The Kier molecular flexibility index (Phi) is 6.00. The Morgan fingerprint density at radius 2 is 2.19 bits per heavy atom. The summed E-state index contributed by atoms with van der Waals surface area (Å²) in [7, 11) is 0. The van der Waals surface area contributed by atoms with E-state index in [2.05, 4.69) is 12.2 Å². The number of halogens is 2. The van der Waals surface area contributed by atoms with E-state index in [1.165, 1.54) is 31.4 Å². The number of benzene rings is 1. The molecule has 0 unspecified atom stereocenters. The van der Waals surface area contributed by atoms with Gasteiger partial charge in [-0.2, -0.15) is 0 Å². The number of amides is 1. The van der Waals surface area contributed by atoms with Crippen molar-refractivity contribution in [1.82, 2.24) is 5.32 Å². The molecule has 2 rings (SSSR count). The number of carbonyl (C=O) groups excluding carboxylic acids is 1. The summed E-state index contributed by atoms with van der Waals surface area (Å²) in [4.78, 5) is 11.9. The van der Waals surface area contributed by atoms with Crippen LogP contribution in [0, 0.1) is 11.7 Å². The van der Waals surface area contributed by atoms with Gasteiger partial charge in [0, 0.05) is 6.54 Å². The van der Waals surface area contributed by atoms with Crippen molar-refractivity contribution in [2.24, 2.45) is 5.92 Å². The summed E-state index contributed by atoms with van der Waals surface area (Å²) < 4.78 is 18.7. The third-order valence-electron chi connectivity index (χ3n) is 3.93. The second-order valence-corrected chi connectivity index (χ2v) is 5.96. The van der Waals surface area contributed by atoms with Gasteiger partial charge in [-0.25, -0.2) is 4.39 Å². The Balaban J connectivity index is 1.74. The first-order chi connectivity index (χ1) is 10.1. The molecule has 1 saturated carbocycles. The van der Waals surface area contributed by atoms with Crippen LogP contribution >= 0.6 is 11.6 Å². The normalized spacial score (nSPS) is 22.0. The summed E-state index contributed by atoms with van der Waals surface area (Å²) in [6, 6.07) is 3.74. The Morgan fingerprint density at radius 3 is 2.90 bits per heavy atom. The minimum atomic E-state index is -0.453. The maximum Gasteiger partial charge on any atom is 0.252 e. The summed E-state index contributed by atoms with van der Waals surface area (Å²) in [5.41, 5.74) is 0.282. The molecule has 21 heavy (non-hydrogen) atoms. The first kappa shape index (κ1) is 16.2. The molecule has 0 heterocycles. The van der Waals surface area contributed by atoms with Crippen LogP contribution in [0.3, 0.4) is 0 Å². The highest BCUT2D eigenvalue weighted by atomic mass is 35.5. The van der Waals surface area contributed by atoms with Gasteiger partial charge >= 0.3 is 0 Å². The zero-order valence-corrected chi connectivity index (χ0v) is 13.0. The Bertz CT molecular complexity index is 495. The fourth-order valence-corrected chi connectivity index (χ4v) is 2.93. The zero-order chi connectivity index (χ0) is 15.2. The highest BCUT2D eigenvalue weighted by Crippen LogP contribution is 2.26. The van der Waals surface area contributed by atoms with Gasteiger partial charge in [0.15, 0.2) is 0 Å². The number of hydrogen-bond acceptors (Lipinski definition) is 2. The fraction of sp³-hybridized carbons (Fsp3) is 0.562. The molecule has 5 heteroatoms. The molecule has 0 aromatic heterocycles. The number of ether oxygens (including phenoxy) is 1. The van der Waals surface area contributed by atoms with Crippen LogP contribution in [0.4, 0.5) is 4.39 Å². The summed E-state index contributed by atoms with van der Waals surface area (Å²) in [5, 5.41) is 2.86. The van der Waals surface area contributed by atoms with Crippen LogP contribution in [-0.4, -0.2) is 25.2 Å². The highest BCUT2D eigenvalue weighted by Gasteiger charge is 2.21. The van der Waals surface area contributed by atoms with Gasteiger partial charge in [-0.15, -0.1) is 0 Å². The molecule has 0 radical (unpaired) electrons. The summed E-state index contributed by atoms with van der Waals surface area (Å²) in [6.07, 6.45) is 5.10. The summed E-state index contributed by atoms with van der Waals surface area (Å²) >= 11 is 5.85. The maximum absolute atomic E-state index is 12.9. The molecule has 0 aliphatic heterocycles. The van der Waals surface area contributed by atoms with Crippen molar-refractivity contribution in [2.75, 3.05) is 13.2 Å². The van der Waals surface area contributed by atoms with Crippen LogP contribution in [0.2, 0.25) is 5.02 Å². The van der Waals surface area contributed by atoms with E-state index in [4.69, 9.17) is 16.3 Å². The average Bonchev–Trinajstić information content (AvgIpc) is 2.45. The maximum atomic E-state index is 12.9. The number of rotatable bonds is 5. The van der Waals surface area contributed by atoms with E-state index in [0.29, 0.717) is 25.2 Å². The van der Waals surface area contributed by atoms with Gasteiger partial charge in [-0.05, 0) is 37.0 Å². The SMILES string of the molecule is C[C@H]1CCCC[C@H]1OCCNC(=O)c1ccc(F)cc1Cl. The van der Waals surface area contributed by atoms with Crippen LogP contribution in [-0.2, 0) is 4.74 Å². The molecule has 1 amide bonds. The topological polar surface area (TPSA) is 38.3 Å². The van der Waals surface area contributed by atoms with Crippen LogP contribution in [0.1, 0.15) is 43.0 Å². The number of nitrogens with one attached hydrogen (secondary N) is 1. The van der Waals surface area contributed by atoms with Gasteiger partial charge < -0.3 is 10.1 Å². The Morgan fingerprint density at radius 1 is 1.43 bits per heavy atom. The lowest BCUT2D eigenvalue weighted by molar-refractivity contribution is -0.00293. The first-order valence-electron chi connectivity index (χ1n) is 7.43. The molecule has 1 aliphatic carbocycles. The quantitative estimate of drug-likeness (QED) is 0.840. The summed E-state index contributed by atoms with van der Waals surface area (Å²) in [5.74, 6) is -0.174. The van der Waals surface area contributed by atoms with Crippen molar-refractivity contribution in [1.29, 1.82) is 0 Å². The molecule has 1 N–H and O–H groups in total. The predicted molar refractivity (Wildman–Crippen MR) is 81.1 cm³/mol. The second-order valence-electron chi connectivity index (χ2n) is 5.55. The Labute approximate surface area is 129 Å². The second kappa shape index (κ2) is 7.76. The standard InChI is InChI=1S/C16H21ClFNO2/c1-11-4-2-3-5-15(11)21-9-8-19-16(20)13-7-6-12(18)10-14(13)17/h6-7,10-11,15H,2-5,8-9H2,1H3,(H,19,20)/t11-,15+/m0/s1. The molecule has 1 aromatic carbocycles. The van der Waals surface area contributed by atoms with Crippen LogP contribution < -0.4 is 5.32 Å². The van der Waals surface area contributed by atoms with Crippen molar-refractivity contribution in [2.45, 2.75) is 38.7 Å². The number of carbonyl (C=O) groups is 1. The predicted octanol–water partition coefficient (Wildman–Crippen LogP) is 3.80. The largest absolute Gasteiger partial charge is 0.376 e. The molecule has 2 atom stereocenters. The molecule has 3 nitrogen and oxygen atoms in total. The minimum absolute atomic E-state index is 0.120. The number of hydrogen-bond donors (Lipinski definition) is 1. The highest BCUT2D eigenvalue weighted by molar-refractivity contribution is 6.33. The Hall–Kier alpha value is -1.13. The lowest BCUT2D eigenvalue weighted by Gasteiger charge is -2.28. The molecular formula is C16H21ClFNO2. The molecule has 0 saturated heterocycles. The molecule has 1 fully saturated rings. The molecule has 1 aromatic rings. The van der Waals surface area contributed by atoms with Crippen molar-refractivity contribution in [3.63, 3.8) is 0 Å². The third-order valence-corrected chi connectivity index (χ3v) is 4.24. The first-order valence-corrected chi connectivity index (χ1v) is 7.80. The van der Waals surface area contributed by atoms with Gasteiger partial charge in [0.1, 0.15) is 5.82 Å². The van der Waals surface area contributed by atoms with Crippen LogP contribution in [0.15, 0.2) is 18.2 Å². The van der Waals surface area contributed by atoms with E-state index < -0.39 is 5.82 Å². The van der Waals surface area contributed by atoms with Crippen molar-refractivity contribution in [3.8, 4) is 0 Å². The van der Waals surface area contributed by atoms with Crippen molar-refractivity contribution in [3.05, 3.63) is 34.6 Å². The van der Waals surface area contributed by atoms with E-state index in [0.717, 1.165) is 12.5 Å². The van der Waals surface area contributed by atoms with E-state index >= 15 is 0 Å². The van der Waals surface area contributed by atoms with Gasteiger partial charge in [0.25, 0.3) is 5.91 Å². The average molecular weight is 314 g/mol. The monoisotopic (exact) mass is 313 g/mol. The van der Waals surface area contributed by atoms with Gasteiger partial charge in [0.05, 0.1) is 23.3 Å². The van der Waals surface area contributed by atoms with Crippen molar-refractivity contribution >= 4 is 17.5 Å². The molecule has 116 valence electrons. The van der Waals surface area contributed by atoms with Gasteiger partial charge in [-0.1, -0.05) is 31.4 Å². The van der Waals surface area contributed by atoms with Crippen molar-refractivity contribution < 1.29 is 13.9 Å². The van der Waals surface area contributed by atoms with E-state index in [-0.39, 0.29) is 16.5 Å². The fourth-order valence-electron chi connectivity index (χ4n) is 2.67. The van der Waals surface area contributed by atoms with Crippen LogP contribution in [0.5, 0.6) is 0 Å². The molecule has 0 spiro atoms. The van der Waals surface area contributed by atoms with Gasteiger partial charge in [0.2, 0.25) is 0 Å². The molecular weight excluding hydrogens is 293 g/mol. The van der Waals surface area contributed by atoms with Crippen LogP contribution in [0.25, 0.3) is 0 Å². The van der Waals surface area contributed by atoms with Gasteiger partial charge in [-0.3, -0.25) is 4.79 Å². The molecule has 0 bridgehead atoms. The van der Waals surface area contributed by atoms with E-state index in [1.807, 2.05) is 0 Å². The lowest BCUT2D eigenvalue weighted by atomic mass is 9.88. The van der Waals surface area contributed by atoms with E-state index in [1.54, 1.807) is 0 Å². The molecule has 1 aliphatic rings. The minimum Gasteiger partial charge on any atom is -0.376 e. The zero-order valence-electron chi connectivity index (χ0n) is 12.2. The third kappa shape index (κ3) is 4.68. The lowest BCUT2D eigenvalue weighted by Crippen LogP contribution is -2.31.